The van der Waals surface area contributed by atoms with Crippen molar-refractivity contribution in [1.29, 1.82) is 0 Å². The molecule has 6 nitrogen and oxygen atoms in total. The van der Waals surface area contributed by atoms with Gasteiger partial charge in [0, 0.05) is 30.7 Å². The van der Waals surface area contributed by atoms with Gasteiger partial charge in [-0.05, 0) is 50.8 Å². The minimum atomic E-state index is -0.187. The number of thiazole rings is 1. The molecule has 2 aliphatic rings. The third-order valence-electron chi connectivity index (χ3n) is 4.82. The summed E-state index contributed by atoms with van der Waals surface area (Å²) >= 11 is 1.62. The first kappa shape index (κ1) is 16.3. The van der Waals surface area contributed by atoms with Crippen molar-refractivity contribution in [1.82, 2.24) is 15.2 Å². The number of rotatable bonds is 3. The number of hydrogen-bond acceptors (Lipinski definition) is 4. The van der Waals surface area contributed by atoms with Crippen LogP contribution in [0, 0.1) is 12.8 Å². The third-order valence-corrected chi connectivity index (χ3v) is 5.76. The number of piperidine rings is 1. The number of anilines is 1. The Labute approximate surface area is 150 Å². The van der Waals surface area contributed by atoms with Crippen LogP contribution in [0.25, 0.3) is 10.2 Å². The second-order valence-electron chi connectivity index (χ2n) is 6.89. The van der Waals surface area contributed by atoms with E-state index in [0.29, 0.717) is 5.91 Å². The van der Waals surface area contributed by atoms with Crippen molar-refractivity contribution in [2.75, 3.05) is 18.4 Å². The van der Waals surface area contributed by atoms with E-state index in [0.717, 1.165) is 59.7 Å². The minimum absolute atomic E-state index is 0.123. The lowest BCUT2D eigenvalue weighted by atomic mass is 10.0. The summed E-state index contributed by atoms with van der Waals surface area (Å²) < 4.78 is 1.07. The molecule has 4 rings (SSSR count). The number of carbonyl (C=O) groups is 2. The Morgan fingerprint density at radius 2 is 1.96 bits per heavy atom. The van der Waals surface area contributed by atoms with Crippen LogP contribution < -0.4 is 10.6 Å². The molecule has 2 aromatic rings. The smallest absolute Gasteiger partial charge is 0.319 e. The quantitative estimate of drug-likeness (QED) is 0.885. The van der Waals surface area contributed by atoms with Crippen LogP contribution in [0.15, 0.2) is 18.2 Å². The predicted octanol–water partition coefficient (Wildman–Crippen LogP) is 3.13. The second-order valence-corrected chi connectivity index (χ2v) is 8.12. The highest BCUT2D eigenvalue weighted by molar-refractivity contribution is 7.18. The van der Waals surface area contributed by atoms with E-state index in [1.807, 2.05) is 30.0 Å². The summed E-state index contributed by atoms with van der Waals surface area (Å²) in [4.78, 5) is 30.7. The SMILES string of the molecule is Cc1nc2ccc(NC(=O)NC3CCN(C(=O)C4CC4)CC3)cc2s1. The highest BCUT2D eigenvalue weighted by Crippen LogP contribution is 2.32. The molecule has 0 spiro atoms. The lowest BCUT2D eigenvalue weighted by Gasteiger charge is -2.32. The Morgan fingerprint density at radius 1 is 1.20 bits per heavy atom. The maximum atomic E-state index is 12.2. The average Bonchev–Trinajstić information content (AvgIpc) is 3.36. The molecule has 2 N–H and O–H groups in total. The predicted molar refractivity (Wildman–Crippen MR) is 98.8 cm³/mol. The summed E-state index contributed by atoms with van der Waals surface area (Å²) in [6.45, 7) is 3.46. The highest BCUT2D eigenvalue weighted by atomic mass is 32.1. The van der Waals surface area contributed by atoms with Gasteiger partial charge in [0.25, 0.3) is 0 Å². The number of hydrogen-bond donors (Lipinski definition) is 2. The first-order chi connectivity index (χ1) is 12.1. The van der Waals surface area contributed by atoms with Gasteiger partial charge in [-0.3, -0.25) is 4.79 Å². The Balaban J connectivity index is 1.29. The van der Waals surface area contributed by atoms with E-state index < -0.39 is 0 Å². The van der Waals surface area contributed by atoms with E-state index in [1.165, 1.54) is 0 Å². The standard InChI is InChI=1S/C18H22N4O2S/c1-11-19-15-5-4-14(10-16(15)25-11)21-18(24)20-13-6-8-22(9-7-13)17(23)12-2-3-12/h4-5,10,12-13H,2-3,6-9H2,1H3,(H2,20,21,24). The van der Waals surface area contributed by atoms with Crippen LogP contribution in [-0.4, -0.2) is 41.0 Å². The first-order valence-electron chi connectivity index (χ1n) is 8.82. The van der Waals surface area contributed by atoms with Crippen molar-refractivity contribution in [3.05, 3.63) is 23.2 Å². The van der Waals surface area contributed by atoms with Gasteiger partial charge < -0.3 is 15.5 Å². The van der Waals surface area contributed by atoms with Crippen molar-refractivity contribution >= 4 is 39.2 Å². The number of aryl methyl sites for hydroxylation is 1. The van der Waals surface area contributed by atoms with Crippen LogP contribution in [0.4, 0.5) is 10.5 Å². The maximum absolute atomic E-state index is 12.2. The second kappa shape index (κ2) is 6.63. The van der Waals surface area contributed by atoms with Gasteiger partial charge >= 0.3 is 6.03 Å². The van der Waals surface area contributed by atoms with Gasteiger partial charge in [0.05, 0.1) is 15.2 Å². The summed E-state index contributed by atoms with van der Waals surface area (Å²) in [5.74, 6) is 0.578. The number of carbonyl (C=O) groups excluding carboxylic acids is 2. The Kier molecular flexibility index (Phi) is 4.33. The zero-order valence-electron chi connectivity index (χ0n) is 14.2. The summed E-state index contributed by atoms with van der Waals surface area (Å²) in [5, 5.41) is 6.94. The van der Waals surface area contributed by atoms with Crippen molar-refractivity contribution in [2.24, 2.45) is 5.92 Å². The molecule has 0 bridgehead atoms. The lowest BCUT2D eigenvalue weighted by Crippen LogP contribution is -2.47. The van der Waals surface area contributed by atoms with E-state index in [4.69, 9.17) is 0 Å². The van der Waals surface area contributed by atoms with E-state index in [-0.39, 0.29) is 18.0 Å². The zero-order chi connectivity index (χ0) is 17.4. The molecular formula is C18H22N4O2S. The molecule has 1 aromatic carbocycles. The zero-order valence-corrected chi connectivity index (χ0v) is 15.1. The molecule has 2 fully saturated rings. The van der Waals surface area contributed by atoms with Crippen LogP contribution in [0.5, 0.6) is 0 Å². The molecule has 25 heavy (non-hydrogen) atoms. The van der Waals surface area contributed by atoms with Crippen LogP contribution in [-0.2, 0) is 4.79 Å². The summed E-state index contributed by atoms with van der Waals surface area (Å²) in [5.41, 5.74) is 1.73. The molecule has 0 radical (unpaired) electrons. The molecule has 132 valence electrons. The van der Waals surface area contributed by atoms with E-state index >= 15 is 0 Å². The van der Waals surface area contributed by atoms with Gasteiger partial charge in [-0.1, -0.05) is 0 Å². The number of nitrogens with one attached hydrogen (secondary N) is 2. The molecule has 1 saturated heterocycles. The van der Waals surface area contributed by atoms with Crippen LogP contribution in [0.3, 0.4) is 0 Å². The number of amides is 3. The summed E-state index contributed by atoms with van der Waals surface area (Å²) in [6.07, 6.45) is 3.73. The van der Waals surface area contributed by atoms with Crippen molar-refractivity contribution in [2.45, 2.75) is 38.6 Å². The lowest BCUT2D eigenvalue weighted by molar-refractivity contribution is -0.133. The van der Waals surface area contributed by atoms with Crippen molar-refractivity contribution in [3.8, 4) is 0 Å². The largest absolute Gasteiger partial charge is 0.342 e. The fraction of sp³-hybridized carbons (Fsp3) is 0.500. The molecule has 0 atom stereocenters. The van der Waals surface area contributed by atoms with Crippen molar-refractivity contribution < 1.29 is 9.59 Å². The topological polar surface area (TPSA) is 74.3 Å². The van der Waals surface area contributed by atoms with Gasteiger partial charge in [0.15, 0.2) is 0 Å². The molecule has 1 aromatic heterocycles. The molecule has 0 unspecified atom stereocenters. The monoisotopic (exact) mass is 358 g/mol. The van der Waals surface area contributed by atoms with Gasteiger partial charge in [-0.15, -0.1) is 11.3 Å². The number of benzene rings is 1. The molecule has 3 amide bonds. The number of likely N-dealkylation sites (tertiary alicyclic amines) is 1. The fourth-order valence-electron chi connectivity index (χ4n) is 3.30. The van der Waals surface area contributed by atoms with Gasteiger partial charge in [-0.25, -0.2) is 9.78 Å². The molecule has 1 aliphatic carbocycles. The van der Waals surface area contributed by atoms with E-state index in [2.05, 4.69) is 15.6 Å². The first-order valence-corrected chi connectivity index (χ1v) is 9.63. The number of nitrogens with zero attached hydrogens (tertiary/aromatic N) is 2. The van der Waals surface area contributed by atoms with Gasteiger partial charge in [0.2, 0.25) is 5.91 Å². The highest BCUT2D eigenvalue weighted by Gasteiger charge is 2.35. The molecule has 7 heteroatoms. The van der Waals surface area contributed by atoms with E-state index in [9.17, 15) is 9.59 Å². The average molecular weight is 358 g/mol. The van der Waals surface area contributed by atoms with Crippen LogP contribution in [0.2, 0.25) is 0 Å². The fourth-order valence-corrected chi connectivity index (χ4v) is 4.17. The number of aromatic nitrogens is 1. The van der Waals surface area contributed by atoms with Crippen LogP contribution >= 0.6 is 11.3 Å². The van der Waals surface area contributed by atoms with E-state index in [1.54, 1.807) is 11.3 Å². The summed E-state index contributed by atoms with van der Waals surface area (Å²) in [7, 11) is 0. The minimum Gasteiger partial charge on any atom is -0.342 e. The Morgan fingerprint density at radius 3 is 2.68 bits per heavy atom. The van der Waals surface area contributed by atoms with Gasteiger partial charge in [-0.2, -0.15) is 0 Å². The van der Waals surface area contributed by atoms with Crippen LogP contribution in [0.1, 0.15) is 30.7 Å². The normalized spacial score (nSPS) is 18.4. The molecule has 2 heterocycles. The Hall–Kier alpha value is -2.15. The number of urea groups is 1. The summed E-state index contributed by atoms with van der Waals surface area (Å²) in [6, 6.07) is 5.69. The molecule has 1 aliphatic heterocycles. The molecular weight excluding hydrogens is 336 g/mol. The Bertz CT molecular complexity index is 807. The van der Waals surface area contributed by atoms with Gasteiger partial charge in [0.1, 0.15) is 0 Å². The van der Waals surface area contributed by atoms with Crippen molar-refractivity contribution in [3.63, 3.8) is 0 Å². The maximum Gasteiger partial charge on any atom is 0.319 e. The third kappa shape index (κ3) is 3.76. The molecule has 1 saturated carbocycles. The number of fused-ring (bicyclic) bond motifs is 1.